The lowest BCUT2D eigenvalue weighted by atomic mass is 9.98. The first-order chi connectivity index (χ1) is 15.1. The quantitative estimate of drug-likeness (QED) is 0.316. The van der Waals surface area contributed by atoms with Gasteiger partial charge in [-0.25, -0.2) is 0 Å². The van der Waals surface area contributed by atoms with Gasteiger partial charge in [-0.2, -0.15) is 0 Å². The predicted molar refractivity (Wildman–Crippen MR) is 104 cm³/mol. The van der Waals surface area contributed by atoms with Gasteiger partial charge >= 0.3 is 23.9 Å². The van der Waals surface area contributed by atoms with Gasteiger partial charge in [0.15, 0.2) is 12.2 Å². The van der Waals surface area contributed by atoms with Crippen molar-refractivity contribution in [3.05, 3.63) is 29.8 Å². The van der Waals surface area contributed by atoms with Crippen molar-refractivity contribution in [2.24, 2.45) is 0 Å². The van der Waals surface area contributed by atoms with E-state index in [2.05, 4.69) is 0 Å². The fourth-order valence-electron chi connectivity index (χ4n) is 3.04. The monoisotopic (exact) mass is 452 g/mol. The van der Waals surface area contributed by atoms with E-state index in [4.69, 9.17) is 28.4 Å². The van der Waals surface area contributed by atoms with Crippen LogP contribution in [0.1, 0.15) is 38.1 Å². The zero-order valence-corrected chi connectivity index (χ0v) is 18.0. The Morgan fingerprint density at radius 1 is 0.812 bits per heavy atom. The number of esters is 4. The third kappa shape index (κ3) is 7.05. The molecule has 11 nitrogen and oxygen atoms in total. The SMILES string of the molecule is CC(=O)OC[C@H]1OC(Oc2ccc(C=O)cc2)[C@H](OC(C)=O)[C@@H](OC(C)=O)[C@H]1OC(C)=O. The van der Waals surface area contributed by atoms with Gasteiger partial charge in [-0.05, 0) is 24.3 Å². The third-order valence-electron chi connectivity index (χ3n) is 4.22. The maximum absolute atomic E-state index is 11.8. The maximum Gasteiger partial charge on any atom is 0.303 e. The Kier molecular flexibility index (Phi) is 8.71. The van der Waals surface area contributed by atoms with E-state index < -0.39 is 54.6 Å². The maximum atomic E-state index is 11.8. The van der Waals surface area contributed by atoms with E-state index in [0.29, 0.717) is 11.8 Å². The number of hydrogen-bond donors (Lipinski definition) is 0. The number of aldehydes is 1. The molecule has 0 radical (unpaired) electrons. The van der Waals surface area contributed by atoms with Crippen molar-refractivity contribution in [2.45, 2.75) is 58.4 Å². The molecule has 0 amide bonds. The molecular formula is C21H24O11. The third-order valence-corrected chi connectivity index (χ3v) is 4.22. The lowest BCUT2D eigenvalue weighted by Crippen LogP contribution is -2.63. The summed E-state index contributed by atoms with van der Waals surface area (Å²) >= 11 is 0. The zero-order chi connectivity index (χ0) is 23.8. The summed E-state index contributed by atoms with van der Waals surface area (Å²) in [5.74, 6) is -2.58. The highest BCUT2D eigenvalue weighted by Crippen LogP contribution is 2.31. The second-order valence-electron chi connectivity index (χ2n) is 6.87. The molecule has 0 aliphatic carbocycles. The number of ether oxygens (including phenoxy) is 6. The van der Waals surface area contributed by atoms with E-state index in [1.54, 1.807) is 0 Å². The molecular weight excluding hydrogens is 428 g/mol. The number of benzene rings is 1. The Hall–Kier alpha value is -3.47. The van der Waals surface area contributed by atoms with Crippen LogP contribution < -0.4 is 4.74 Å². The van der Waals surface area contributed by atoms with Crippen molar-refractivity contribution in [2.75, 3.05) is 6.61 Å². The summed E-state index contributed by atoms with van der Waals surface area (Å²) in [6.45, 7) is 4.21. The first-order valence-corrected chi connectivity index (χ1v) is 9.63. The molecule has 0 bridgehead atoms. The van der Waals surface area contributed by atoms with Gasteiger partial charge in [0.25, 0.3) is 0 Å². The second-order valence-corrected chi connectivity index (χ2v) is 6.87. The highest BCUT2D eigenvalue weighted by atomic mass is 16.7. The minimum atomic E-state index is -1.34. The highest BCUT2D eigenvalue weighted by molar-refractivity contribution is 5.74. The molecule has 2 rings (SSSR count). The number of carbonyl (C=O) groups is 5. The summed E-state index contributed by atoms with van der Waals surface area (Å²) in [5, 5.41) is 0. The fourth-order valence-corrected chi connectivity index (χ4v) is 3.04. The van der Waals surface area contributed by atoms with Crippen LogP contribution in [0, 0.1) is 0 Å². The molecule has 0 N–H and O–H groups in total. The van der Waals surface area contributed by atoms with Crippen LogP contribution >= 0.6 is 0 Å². The standard InChI is InChI=1S/C21H24O11/c1-11(23)27-10-17-18(28-12(2)24)19(29-13(3)25)20(30-14(4)26)21(32-17)31-16-7-5-15(9-22)6-8-16/h5-9,17-21H,10H2,1-4H3/t17-,18+,19+,20-,21?/m1/s1. The largest absolute Gasteiger partial charge is 0.463 e. The van der Waals surface area contributed by atoms with Crippen molar-refractivity contribution in [3.63, 3.8) is 0 Å². The van der Waals surface area contributed by atoms with E-state index in [1.165, 1.54) is 31.2 Å². The average molecular weight is 452 g/mol. The predicted octanol–water partition coefficient (Wildman–Crippen LogP) is 0.961. The Bertz CT molecular complexity index is 848. The molecule has 1 aliphatic rings. The summed E-state index contributed by atoms with van der Waals surface area (Å²) < 4.78 is 32.5. The molecule has 32 heavy (non-hydrogen) atoms. The van der Waals surface area contributed by atoms with Crippen LogP contribution in [-0.2, 0) is 42.9 Å². The van der Waals surface area contributed by atoms with Crippen molar-refractivity contribution >= 4 is 30.2 Å². The highest BCUT2D eigenvalue weighted by Gasteiger charge is 2.53. The van der Waals surface area contributed by atoms with Gasteiger partial charge in [-0.15, -0.1) is 0 Å². The van der Waals surface area contributed by atoms with Crippen LogP contribution in [-0.4, -0.2) is 67.5 Å². The van der Waals surface area contributed by atoms with Gasteiger partial charge in [-0.3, -0.25) is 24.0 Å². The molecule has 1 aromatic carbocycles. The summed E-state index contributed by atoms with van der Waals surface area (Å²) in [6, 6.07) is 5.96. The molecule has 1 saturated heterocycles. The van der Waals surface area contributed by atoms with Crippen molar-refractivity contribution in [3.8, 4) is 5.75 Å². The number of carbonyl (C=O) groups excluding carboxylic acids is 5. The van der Waals surface area contributed by atoms with Gasteiger partial charge in [-0.1, -0.05) is 0 Å². The van der Waals surface area contributed by atoms with E-state index in [0.717, 1.165) is 20.8 Å². The molecule has 0 aromatic heterocycles. The van der Waals surface area contributed by atoms with Crippen LogP contribution in [0.25, 0.3) is 0 Å². The number of rotatable bonds is 8. The Morgan fingerprint density at radius 2 is 1.34 bits per heavy atom. The molecule has 1 heterocycles. The van der Waals surface area contributed by atoms with Crippen molar-refractivity contribution in [1.29, 1.82) is 0 Å². The molecule has 0 spiro atoms. The first kappa shape index (κ1) is 24.8. The van der Waals surface area contributed by atoms with Crippen LogP contribution in [0.2, 0.25) is 0 Å². The summed E-state index contributed by atoms with van der Waals surface area (Å²) in [4.78, 5) is 57.4. The zero-order valence-electron chi connectivity index (χ0n) is 18.0. The summed E-state index contributed by atoms with van der Waals surface area (Å²) in [5.41, 5.74) is 0.402. The molecule has 11 heteroatoms. The van der Waals surface area contributed by atoms with Crippen LogP contribution in [0.3, 0.4) is 0 Å². The lowest BCUT2D eigenvalue weighted by Gasteiger charge is -2.43. The molecule has 5 atom stereocenters. The Labute approximate surface area is 183 Å². The molecule has 1 fully saturated rings. The topological polar surface area (TPSA) is 141 Å². The minimum absolute atomic E-state index is 0.247. The van der Waals surface area contributed by atoms with Gasteiger partial charge in [0.1, 0.15) is 24.7 Å². The van der Waals surface area contributed by atoms with E-state index in [1.807, 2.05) is 0 Å². The van der Waals surface area contributed by atoms with Gasteiger partial charge in [0.2, 0.25) is 12.4 Å². The van der Waals surface area contributed by atoms with Crippen molar-refractivity contribution in [1.82, 2.24) is 0 Å². The van der Waals surface area contributed by atoms with Gasteiger partial charge in [0.05, 0.1) is 0 Å². The fraction of sp³-hybridized carbons (Fsp3) is 0.476. The Morgan fingerprint density at radius 3 is 1.84 bits per heavy atom. The number of hydrogen-bond acceptors (Lipinski definition) is 11. The average Bonchev–Trinajstić information content (AvgIpc) is 2.70. The van der Waals surface area contributed by atoms with Crippen LogP contribution in [0.4, 0.5) is 0 Å². The summed E-state index contributed by atoms with van der Waals surface area (Å²) in [6.07, 6.45) is -5.72. The first-order valence-electron chi connectivity index (χ1n) is 9.63. The molecule has 1 aromatic rings. The minimum Gasteiger partial charge on any atom is -0.463 e. The summed E-state index contributed by atoms with van der Waals surface area (Å²) in [7, 11) is 0. The van der Waals surface area contributed by atoms with Crippen LogP contribution in [0.15, 0.2) is 24.3 Å². The van der Waals surface area contributed by atoms with E-state index in [-0.39, 0.29) is 12.4 Å². The lowest BCUT2D eigenvalue weighted by molar-refractivity contribution is -0.288. The molecule has 1 unspecified atom stereocenters. The Balaban J connectivity index is 2.43. The second kappa shape index (κ2) is 11.2. The van der Waals surface area contributed by atoms with Crippen molar-refractivity contribution < 1.29 is 52.4 Å². The molecule has 174 valence electrons. The van der Waals surface area contributed by atoms with E-state index >= 15 is 0 Å². The van der Waals surface area contributed by atoms with Crippen LogP contribution in [0.5, 0.6) is 5.75 Å². The van der Waals surface area contributed by atoms with Gasteiger partial charge in [0, 0.05) is 33.3 Å². The smallest absolute Gasteiger partial charge is 0.303 e. The molecule has 0 saturated carbocycles. The van der Waals surface area contributed by atoms with E-state index in [9.17, 15) is 24.0 Å². The normalized spacial score (nSPS) is 24.6. The molecule has 1 aliphatic heterocycles. The van der Waals surface area contributed by atoms with Gasteiger partial charge < -0.3 is 28.4 Å².